The van der Waals surface area contributed by atoms with Gasteiger partial charge in [0.25, 0.3) is 0 Å². The number of aliphatic hydroxyl groups is 1. The van der Waals surface area contributed by atoms with Crippen molar-refractivity contribution >= 4 is 29.1 Å². The first-order valence-electron chi connectivity index (χ1n) is 12.5. The normalized spacial score (nSPS) is 12.6. The number of nitrogens with one attached hydrogen (secondary N) is 1. The fourth-order valence-corrected chi connectivity index (χ4v) is 4.28. The third-order valence-corrected chi connectivity index (χ3v) is 6.48. The first-order chi connectivity index (χ1) is 18.5. The van der Waals surface area contributed by atoms with E-state index >= 15 is 0 Å². The topological polar surface area (TPSA) is 95.7 Å². The quantitative estimate of drug-likeness (QED) is 0.290. The molecular weight excluding hydrogens is 531 g/mol. The van der Waals surface area contributed by atoms with Crippen LogP contribution in [0.5, 0.6) is 0 Å². The van der Waals surface area contributed by atoms with Gasteiger partial charge in [-0.2, -0.15) is 0 Å². The predicted octanol–water partition coefficient (Wildman–Crippen LogP) is 5.00. The Morgan fingerprint density at radius 1 is 0.974 bits per heavy atom. The van der Waals surface area contributed by atoms with E-state index in [9.17, 15) is 27.9 Å². The maximum Gasteiger partial charge on any atom is 0.224 e. The van der Waals surface area contributed by atoms with Crippen molar-refractivity contribution in [1.82, 2.24) is 4.90 Å². The van der Waals surface area contributed by atoms with E-state index in [-0.39, 0.29) is 42.9 Å². The molecule has 0 radical (unpaired) electrons. The number of rotatable bonds is 12. The van der Waals surface area contributed by atoms with Gasteiger partial charge >= 0.3 is 0 Å². The summed E-state index contributed by atoms with van der Waals surface area (Å²) in [4.78, 5) is 27.0. The summed E-state index contributed by atoms with van der Waals surface area (Å²) in [7, 11) is 0. The van der Waals surface area contributed by atoms with E-state index in [4.69, 9.17) is 17.3 Å². The standard InChI is InChI=1S/C29H31ClF3N3O3/c1-2-18-4-3-5-19(10-18)16-36(17-27(37)26(34)13-20-11-21(31)14-22(32)12-20)29(39)9-8-28(38)35-23-6-7-25(33)24(30)15-23/h3-7,10-12,14-15,26-27,37H,2,8-9,13,16-17,34H2,1H3,(H,35,38)/t26-,27+/m0/s1. The molecule has 10 heteroatoms. The first kappa shape index (κ1) is 30.1. The fourth-order valence-electron chi connectivity index (χ4n) is 4.10. The maximum absolute atomic E-state index is 13.6. The van der Waals surface area contributed by atoms with Gasteiger partial charge in [-0.15, -0.1) is 0 Å². The predicted molar refractivity (Wildman–Crippen MR) is 145 cm³/mol. The molecule has 0 unspecified atom stereocenters. The lowest BCUT2D eigenvalue weighted by molar-refractivity contribution is -0.135. The van der Waals surface area contributed by atoms with Crippen molar-refractivity contribution in [3.63, 3.8) is 0 Å². The van der Waals surface area contributed by atoms with Gasteiger partial charge in [-0.05, 0) is 59.9 Å². The highest BCUT2D eigenvalue weighted by Crippen LogP contribution is 2.20. The van der Waals surface area contributed by atoms with Gasteiger partial charge in [0.15, 0.2) is 0 Å². The molecule has 3 rings (SSSR count). The Labute approximate surface area is 230 Å². The molecule has 2 atom stereocenters. The second-order valence-electron chi connectivity index (χ2n) is 9.34. The summed E-state index contributed by atoms with van der Waals surface area (Å²) in [5.41, 5.74) is 8.62. The van der Waals surface area contributed by atoms with Crippen LogP contribution in [0.1, 0.15) is 36.5 Å². The number of benzene rings is 3. The molecule has 0 bridgehead atoms. The molecule has 0 aromatic heterocycles. The van der Waals surface area contributed by atoms with Crippen molar-refractivity contribution in [3.8, 4) is 0 Å². The van der Waals surface area contributed by atoms with Crippen LogP contribution in [0.4, 0.5) is 18.9 Å². The molecule has 0 fully saturated rings. The molecule has 3 aromatic rings. The van der Waals surface area contributed by atoms with Gasteiger partial charge < -0.3 is 21.1 Å². The molecule has 3 aromatic carbocycles. The van der Waals surface area contributed by atoms with Crippen LogP contribution in [0.15, 0.2) is 60.7 Å². The van der Waals surface area contributed by atoms with Gasteiger partial charge in [0.1, 0.15) is 17.5 Å². The number of halogens is 4. The minimum atomic E-state index is -1.20. The van der Waals surface area contributed by atoms with Crippen LogP contribution < -0.4 is 11.1 Å². The molecule has 0 spiro atoms. The number of carbonyl (C=O) groups is 2. The van der Waals surface area contributed by atoms with E-state index in [1.807, 2.05) is 31.2 Å². The lowest BCUT2D eigenvalue weighted by Crippen LogP contribution is -2.46. The van der Waals surface area contributed by atoms with Crippen LogP contribution in [-0.2, 0) is 29.0 Å². The average molecular weight is 562 g/mol. The lowest BCUT2D eigenvalue weighted by atomic mass is 10.0. The summed E-state index contributed by atoms with van der Waals surface area (Å²) in [5.74, 6) is -2.98. The zero-order chi connectivity index (χ0) is 28.5. The van der Waals surface area contributed by atoms with Crippen LogP contribution >= 0.6 is 11.6 Å². The lowest BCUT2D eigenvalue weighted by Gasteiger charge is -2.28. The number of hydrogen-bond acceptors (Lipinski definition) is 4. The minimum Gasteiger partial charge on any atom is -0.390 e. The first-order valence-corrected chi connectivity index (χ1v) is 12.9. The molecule has 0 heterocycles. The number of carbonyl (C=O) groups excluding carboxylic acids is 2. The highest BCUT2D eigenvalue weighted by Gasteiger charge is 2.24. The Morgan fingerprint density at radius 3 is 2.33 bits per heavy atom. The molecule has 0 saturated carbocycles. The smallest absolute Gasteiger partial charge is 0.224 e. The fraction of sp³-hybridized carbons (Fsp3) is 0.310. The summed E-state index contributed by atoms with van der Waals surface area (Å²) >= 11 is 5.75. The summed E-state index contributed by atoms with van der Waals surface area (Å²) in [6.45, 7) is 2.02. The van der Waals surface area contributed by atoms with Crippen LogP contribution in [0.3, 0.4) is 0 Å². The van der Waals surface area contributed by atoms with Gasteiger partial charge in [-0.1, -0.05) is 42.8 Å². The van der Waals surface area contributed by atoms with E-state index in [1.54, 1.807) is 0 Å². The monoisotopic (exact) mass is 561 g/mol. The largest absolute Gasteiger partial charge is 0.390 e. The van der Waals surface area contributed by atoms with Crippen LogP contribution in [0.25, 0.3) is 0 Å². The number of amides is 2. The van der Waals surface area contributed by atoms with Gasteiger partial charge in [0, 0.05) is 43.7 Å². The number of nitrogens with two attached hydrogens (primary N) is 1. The summed E-state index contributed by atoms with van der Waals surface area (Å²) in [6, 6.07) is 13.5. The number of anilines is 1. The van der Waals surface area contributed by atoms with Crippen molar-refractivity contribution in [3.05, 3.63) is 99.8 Å². The van der Waals surface area contributed by atoms with Crippen molar-refractivity contribution in [2.24, 2.45) is 5.73 Å². The number of nitrogens with zero attached hydrogens (tertiary/aromatic N) is 1. The average Bonchev–Trinajstić information content (AvgIpc) is 2.88. The molecular formula is C29H31ClF3N3O3. The van der Waals surface area contributed by atoms with E-state index < -0.39 is 41.4 Å². The molecule has 6 nitrogen and oxygen atoms in total. The summed E-state index contributed by atoms with van der Waals surface area (Å²) in [5, 5.41) is 13.2. The zero-order valence-corrected chi connectivity index (χ0v) is 22.2. The zero-order valence-electron chi connectivity index (χ0n) is 21.5. The minimum absolute atomic E-state index is 0.00810. The van der Waals surface area contributed by atoms with Crippen LogP contribution in [0, 0.1) is 17.5 Å². The number of aryl methyl sites for hydroxylation is 1. The third kappa shape index (κ3) is 9.38. The van der Waals surface area contributed by atoms with Gasteiger partial charge in [0.2, 0.25) is 11.8 Å². The van der Waals surface area contributed by atoms with Crippen LogP contribution in [-0.4, -0.2) is 40.5 Å². The van der Waals surface area contributed by atoms with E-state index in [2.05, 4.69) is 5.32 Å². The van der Waals surface area contributed by atoms with Gasteiger partial charge in [-0.25, -0.2) is 13.2 Å². The summed E-state index contributed by atoms with van der Waals surface area (Å²) < 4.78 is 40.5. The van der Waals surface area contributed by atoms with Crippen molar-refractivity contribution in [2.45, 2.75) is 51.3 Å². The second-order valence-corrected chi connectivity index (χ2v) is 9.75. The van der Waals surface area contributed by atoms with Crippen LogP contribution in [0.2, 0.25) is 5.02 Å². The Hall–Kier alpha value is -3.40. The second kappa shape index (κ2) is 14.1. The van der Waals surface area contributed by atoms with E-state index in [1.165, 1.54) is 17.0 Å². The maximum atomic E-state index is 13.6. The SMILES string of the molecule is CCc1cccc(CN(C[C@@H](O)[C@@H](N)Cc2cc(F)cc(F)c2)C(=O)CCC(=O)Nc2ccc(F)c(Cl)c2)c1. The Bertz CT molecular complexity index is 1290. The number of hydrogen-bond donors (Lipinski definition) is 3. The molecule has 0 aliphatic rings. The van der Waals surface area contributed by atoms with E-state index in [0.29, 0.717) is 5.69 Å². The molecule has 39 heavy (non-hydrogen) atoms. The van der Waals surface area contributed by atoms with Crippen molar-refractivity contribution in [2.75, 3.05) is 11.9 Å². The molecule has 0 aliphatic heterocycles. The third-order valence-electron chi connectivity index (χ3n) is 6.19. The highest BCUT2D eigenvalue weighted by atomic mass is 35.5. The molecule has 208 valence electrons. The number of aliphatic hydroxyl groups excluding tert-OH is 1. The van der Waals surface area contributed by atoms with E-state index in [0.717, 1.165) is 41.8 Å². The Morgan fingerprint density at radius 2 is 1.67 bits per heavy atom. The highest BCUT2D eigenvalue weighted by molar-refractivity contribution is 6.31. The Balaban J connectivity index is 1.68. The van der Waals surface area contributed by atoms with Crippen molar-refractivity contribution < 1.29 is 27.9 Å². The molecule has 2 amide bonds. The summed E-state index contributed by atoms with van der Waals surface area (Å²) in [6.07, 6.45) is -0.737. The van der Waals surface area contributed by atoms with Crippen molar-refractivity contribution in [1.29, 1.82) is 0 Å². The Kier molecular flexibility index (Phi) is 10.9. The molecule has 0 aliphatic carbocycles. The van der Waals surface area contributed by atoms with Gasteiger partial charge in [-0.3, -0.25) is 9.59 Å². The van der Waals surface area contributed by atoms with Gasteiger partial charge in [0.05, 0.1) is 11.1 Å². The molecule has 0 saturated heterocycles. The molecule has 4 N–H and O–H groups in total.